The molecule has 0 saturated heterocycles. The summed E-state index contributed by atoms with van der Waals surface area (Å²) < 4.78 is 0. The maximum absolute atomic E-state index is 12.5. The van der Waals surface area contributed by atoms with Gasteiger partial charge in [-0.15, -0.1) is 0 Å². The molecular weight excluding hydrogens is 260 g/mol. The number of anilines is 1. The molecule has 1 aliphatic rings. The number of hydrogen-bond acceptors (Lipinski definition) is 2. The van der Waals surface area contributed by atoms with E-state index >= 15 is 0 Å². The molecule has 21 heavy (non-hydrogen) atoms. The van der Waals surface area contributed by atoms with Crippen molar-refractivity contribution in [2.45, 2.75) is 70.8 Å². The minimum absolute atomic E-state index is 0.0285. The molecule has 0 aromatic heterocycles. The van der Waals surface area contributed by atoms with Crippen LogP contribution >= 0.6 is 0 Å². The Morgan fingerprint density at radius 1 is 1.14 bits per heavy atom. The number of hydrogen-bond donors (Lipinski definition) is 2. The van der Waals surface area contributed by atoms with E-state index in [-0.39, 0.29) is 5.91 Å². The molecule has 0 unspecified atom stereocenters. The van der Waals surface area contributed by atoms with Crippen LogP contribution in [0.5, 0.6) is 0 Å². The SMILES string of the molecule is CC(C)c1ccc(NC(=O)C2(N)CCCC2)c(C(C)C)c1. The minimum atomic E-state index is -0.676. The average molecular weight is 288 g/mol. The lowest BCUT2D eigenvalue weighted by molar-refractivity contribution is -0.121. The lowest BCUT2D eigenvalue weighted by atomic mass is 9.93. The van der Waals surface area contributed by atoms with Crippen LogP contribution in [-0.2, 0) is 4.79 Å². The van der Waals surface area contributed by atoms with Crippen molar-refractivity contribution < 1.29 is 4.79 Å². The number of nitrogens with two attached hydrogens (primary N) is 1. The largest absolute Gasteiger partial charge is 0.324 e. The molecule has 1 amide bonds. The van der Waals surface area contributed by atoms with Crippen LogP contribution in [0.3, 0.4) is 0 Å². The lowest BCUT2D eigenvalue weighted by Crippen LogP contribution is -2.48. The Balaban J connectivity index is 2.25. The van der Waals surface area contributed by atoms with Crippen LogP contribution < -0.4 is 11.1 Å². The van der Waals surface area contributed by atoms with Gasteiger partial charge in [-0.05, 0) is 41.9 Å². The zero-order valence-electron chi connectivity index (χ0n) is 13.7. The number of carbonyl (C=O) groups excluding carboxylic acids is 1. The first kappa shape index (κ1) is 16.0. The summed E-state index contributed by atoms with van der Waals surface area (Å²) in [5.74, 6) is 0.832. The van der Waals surface area contributed by atoms with Crippen LogP contribution in [0.4, 0.5) is 5.69 Å². The standard InChI is InChI=1S/C18H28N2O/c1-12(2)14-7-8-16(15(11-14)13(3)4)20-17(21)18(19)9-5-6-10-18/h7-8,11-13H,5-6,9-10,19H2,1-4H3,(H,20,21). The summed E-state index contributed by atoms with van der Waals surface area (Å²) in [6.07, 6.45) is 3.68. The summed E-state index contributed by atoms with van der Waals surface area (Å²) >= 11 is 0. The van der Waals surface area contributed by atoms with Crippen molar-refractivity contribution in [2.24, 2.45) is 5.73 Å². The highest BCUT2D eigenvalue weighted by Crippen LogP contribution is 2.32. The van der Waals surface area contributed by atoms with E-state index in [1.165, 1.54) is 11.1 Å². The zero-order valence-corrected chi connectivity index (χ0v) is 13.7. The molecule has 0 radical (unpaired) electrons. The molecule has 116 valence electrons. The third-order valence-corrected chi connectivity index (χ3v) is 4.56. The van der Waals surface area contributed by atoms with Crippen LogP contribution in [0.1, 0.15) is 76.3 Å². The van der Waals surface area contributed by atoms with Gasteiger partial charge in [-0.1, -0.05) is 52.7 Å². The van der Waals surface area contributed by atoms with Gasteiger partial charge in [0, 0.05) is 5.69 Å². The molecule has 0 bridgehead atoms. The van der Waals surface area contributed by atoms with Gasteiger partial charge < -0.3 is 11.1 Å². The molecule has 1 aliphatic carbocycles. The fraction of sp³-hybridized carbons (Fsp3) is 0.611. The number of amides is 1. The molecule has 3 nitrogen and oxygen atoms in total. The highest BCUT2D eigenvalue weighted by atomic mass is 16.2. The molecule has 1 aromatic carbocycles. The molecule has 3 N–H and O–H groups in total. The second-order valence-corrected chi connectivity index (χ2v) is 6.97. The molecule has 0 spiro atoms. The summed E-state index contributed by atoms with van der Waals surface area (Å²) in [6, 6.07) is 6.34. The normalized spacial score (nSPS) is 17.5. The lowest BCUT2D eigenvalue weighted by Gasteiger charge is -2.24. The zero-order chi connectivity index (χ0) is 15.6. The number of benzene rings is 1. The third-order valence-electron chi connectivity index (χ3n) is 4.56. The number of rotatable bonds is 4. The summed E-state index contributed by atoms with van der Waals surface area (Å²) in [5.41, 5.74) is 8.98. The Morgan fingerprint density at radius 2 is 1.76 bits per heavy atom. The molecule has 1 aromatic rings. The fourth-order valence-corrected chi connectivity index (χ4v) is 3.01. The van der Waals surface area contributed by atoms with Crippen LogP contribution in [0.2, 0.25) is 0 Å². The first-order valence-corrected chi connectivity index (χ1v) is 8.07. The quantitative estimate of drug-likeness (QED) is 0.874. The maximum atomic E-state index is 12.5. The molecule has 0 aliphatic heterocycles. The van der Waals surface area contributed by atoms with E-state index in [0.717, 1.165) is 31.4 Å². The Kier molecular flexibility index (Phi) is 4.72. The van der Waals surface area contributed by atoms with Crippen molar-refractivity contribution in [3.8, 4) is 0 Å². The van der Waals surface area contributed by atoms with Gasteiger partial charge in [-0.25, -0.2) is 0 Å². The van der Waals surface area contributed by atoms with Gasteiger partial charge in [0.15, 0.2) is 0 Å². The van der Waals surface area contributed by atoms with Gasteiger partial charge >= 0.3 is 0 Å². The number of carbonyl (C=O) groups is 1. The molecule has 0 heterocycles. The molecular formula is C18H28N2O. The van der Waals surface area contributed by atoms with Crippen LogP contribution in [-0.4, -0.2) is 11.4 Å². The van der Waals surface area contributed by atoms with Crippen molar-refractivity contribution in [3.05, 3.63) is 29.3 Å². The van der Waals surface area contributed by atoms with Crippen molar-refractivity contribution in [3.63, 3.8) is 0 Å². The van der Waals surface area contributed by atoms with E-state index in [1.807, 2.05) is 6.07 Å². The number of nitrogens with one attached hydrogen (secondary N) is 1. The summed E-state index contributed by atoms with van der Waals surface area (Å²) in [7, 11) is 0. The first-order chi connectivity index (χ1) is 9.83. The van der Waals surface area contributed by atoms with Gasteiger partial charge in [0.1, 0.15) is 0 Å². The second kappa shape index (κ2) is 6.18. The molecule has 3 heteroatoms. The predicted molar refractivity (Wildman–Crippen MR) is 88.6 cm³/mol. The van der Waals surface area contributed by atoms with Crippen molar-refractivity contribution in [1.29, 1.82) is 0 Å². The van der Waals surface area contributed by atoms with Gasteiger partial charge in [-0.2, -0.15) is 0 Å². The maximum Gasteiger partial charge on any atom is 0.244 e. The van der Waals surface area contributed by atoms with Crippen molar-refractivity contribution in [2.75, 3.05) is 5.32 Å². The predicted octanol–water partition coefficient (Wildman–Crippen LogP) is 4.14. The summed E-state index contributed by atoms with van der Waals surface area (Å²) in [5, 5.41) is 3.08. The van der Waals surface area contributed by atoms with Gasteiger partial charge in [0.05, 0.1) is 5.54 Å². The smallest absolute Gasteiger partial charge is 0.244 e. The summed E-state index contributed by atoms with van der Waals surface area (Å²) in [6.45, 7) is 8.68. The average Bonchev–Trinajstić information content (AvgIpc) is 2.87. The Morgan fingerprint density at radius 3 is 2.29 bits per heavy atom. The third kappa shape index (κ3) is 3.46. The van der Waals surface area contributed by atoms with Crippen LogP contribution in [0.25, 0.3) is 0 Å². The van der Waals surface area contributed by atoms with E-state index in [2.05, 4.69) is 45.1 Å². The Hall–Kier alpha value is -1.35. The topological polar surface area (TPSA) is 55.1 Å². The van der Waals surface area contributed by atoms with E-state index < -0.39 is 5.54 Å². The van der Waals surface area contributed by atoms with E-state index in [4.69, 9.17) is 5.73 Å². The molecule has 2 rings (SSSR count). The van der Waals surface area contributed by atoms with E-state index in [0.29, 0.717) is 11.8 Å². The molecule has 0 atom stereocenters. The van der Waals surface area contributed by atoms with Gasteiger partial charge in [0.2, 0.25) is 5.91 Å². The summed E-state index contributed by atoms with van der Waals surface area (Å²) in [4.78, 5) is 12.5. The highest BCUT2D eigenvalue weighted by molar-refractivity contribution is 5.98. The fourth-order valence-electron chi connectivity index (χ4n) is 3.01. The molecule has 1 saturated carbocycles. The van der Waals surface area contributed by atoms with E-state index in [1.54, 1.807) is 0 Å². The minimum Gasteiger partial charge on any atom is -0.324 e. The van der Waals surface area contributed by atoms with Crippen molar-refractivity contribution >= 4 is 11.6 Å². The monoisotopic (exact) mass is 288 g/mol. The van der Waals surface area contributed by atoms with Gasteiger partial charge in [0.25, 0.3) is 0 Å². The highest BCUT2D eigenvalue weighted by Gasteiger charge is 2.37. The van der Waals surface area contributed by atoms with Crippen LogP contribution in [0.15, 0.2) is 18.2 Å². The van der Waals surface area contributed by atoms with Crippen LogP contribution in [0, 0.1) is 0 Å². The van der Waals surface area contributed by atoms with Gasteiger partial charge in [-0.3, -0.25) is 4.79 Å². The second-order valence-electron chi connectivity index (χ2n) is 6.97. The van der Waals surface area contributed by atoms with Crippen molar-refractivity contribution in [1.82, 2.24) is 0 Å². The Labute approximate surface area is 128 Å². The van der Waals surface area contributed by atoms with E-state index in [9.17, 15) is 4.79 Å². The molecule has 1 fully saturated rings. The first-order valence-electron chi connectivity index (χ1n) is 8.07. The Bertz CT molecular complexity index is 514.